The first-order valence-electron chi connectivity index (χ1n) is 3.43. The molecule has 1 heterocycles. The fraction of sp³-hybridized carbons (Fsp3) is 0.571. The quantitative estimate of drug-likeness (QED) is 0.646. The van der Waals surface area contributed by atoms with E-state index in [2.05, 4.69) is 4.99 Å². The van der Waals surface area contributed by atoms with Gasteiger partial charge in [-0.15, -0.1) is 0 Å². The van der Waals surface area contributed by atoms with Crippen LogP contribution in [0.1, 0.15) is 6.92 Å². The van der Waals surface area contributed by atoms with Crippen molar-refractivity contribution in [2.45, 2.75) is 19.2 Å². The lowest BCUT2D eigenvalue weighted by molar-refractivity contribution is -0.0589. The maximum Gasteiger partial charge on any atom is 0.433 e. The van der Waals surface area contributed by atoms with Crippen LogP contribution in [0.3, 0.4) is 0 Å². The molecule has 0 bridgehead atoms. The molecule has 12 heavy (non-hydrogen) atoms. The van der Waals surface area contributed by atoms with Crippen molar-refractivity contribution in [1.29, 1.82) is 0 Å². The molecule has 0 spiro atoms. The van der Waals surface area contributed by atoms with E-state index in [9.17, 15) is 13.2 Å². The Morgan fingerprint density at radius 1 is 1.58 bits per heavy atom. The van der Waals surface area contributed by atoms with Gasteiger partial charge in [0.25, 0.3) is 0 Å². The minimum absolute atomic E-state index is 0.00900. The molecule has 0 fully saturated rings. The summed E-state index contributed by atoms with van der Waals surface area (Å²) in [6.07, 6.45) is -4.26. The molecule has 1 rings (SSSR count). The van der Waals surface area contributed by atoms with Crippen molar-refractivity contribution in [3.05, 3.63) is 11.6 Å². The molecule has 5 heteroatoms. The highest BCUT2D eigenvalue weighted by Crippen LogP contribution is 2.26. The third-order valence-electron chi connectivity index (χ3n) is 1.55. The van der Waals surface area contributed by atoms with E-state index in [1.165, 1.54) is 13.0 Å². The van der Waals surface area contributed by atoms with Gasteiger partial charge in [-0.1, -0.05) is 6.08 Å². The number of nitrogens with zero attached hydrogens (tertiary/aromatic N) is 1. The molecule has 0 aromatic rings. The second-order valence-corrected chi connectivity index (χ2v) is 2.52. The van der Waals surface area contributed by atoms with Crippen LogP contribution in [-0.4, -0.2) is 29.6 Å². The Balaban J connectivity index is 2.88. The highest BCUT2D eigenvalue weighted by Gasteiger charge is 2.40. The van der Waals surface area contributed by atoms with Crippen molar-refractivity contribution in [2.75, 3.05) is 6.54 Å². The third kappa shape index (κ3) is 1.66. The maximum absolute atomic E-state index is 12.1. The van der Waals surface area contributed by atoms with Crippen LogP contribution in [0.5, 0.6) is 0 Å². The fourth-order valence-corrected chi connectivity index (χ4v) is 1.04. The van der Waals surface area contributed by atoms with Crippen LogP contribution < -0.4 is 0 Å². The van der Waals surface area contributed by atoms with E-state index in [1.807, 2.05) is 0 Å². The SMILES string of the molecule is CC(O)C1=CCN=C1C(F)(F)F. The Labute approximate surface area is 67.4 Å². The maximum atomic E-state index is 12.1. The zero-order valence-electron chi connectivity index (χ0n) is 6.39. The number of hydrogen-bond donors (Lipinski definition) is 1. The summed E-state index contributed by atoms with van der Waals surface area (Å²) < 4.78 is 36.3. The van der Waals surface area contributed by atoms with Gasteiger partial charge < -0.3 is 5.11 Å². The van der Waals surface area contributed by atoms with Crippen LogP contribution in [-0.2, 0) is 0 Å². The van der Waals surface area contributed by atoms with Crippen molar-refractivity contribution in [1.82, 2.24) is 0 Å². The standard InChI is InChI=1S/C7H8F3NO/c1-4(12)5-2-3-11-6(5)7(8,9)10/h2,4,12H,3H2,1H3. The first-order chi connectivity index (χ1) is 5.43. The lowest BCUT2D eigenvalue weighted by atomic mass is 10.1. The number of rotatable bonds is 1. The van der Waals surface area contributed by atoms with Crippen LogP contribution in [0.15, 0.2) is 16.6 Å². The molecule has 1 aliphatic heterocycles. The molecule has 1 aliphatic rings. The normalized spacial score (nSPS) is 20.4. The van der Waals surface area contributed by atoms with E-state index in [-0.39, 0.29) is 12.1 Å². The summed E-state index contributed by atoms with van der Waals surface area (Å²) >= 11 is 0. The molecule has 0 saturated heterocycles. The van der Waals surface area contributed by atoms with Crippen molar-refractivity contribution in [3.8, 4) is 0 Å². The van der Waals surface area contributed by atoms with Crippen LogP contribution in [0.4, 0.5) is 13.2 Å². The van der Waals surface area contributed by atoms with Gasteiger partial charge in [0.05, 0.1) is 12.6 Å². The molecular formula is C7H8F3NO. The average Bonchev–Trinajstić information content (AvgIpc) is 2.30. The predicted molar refractivity (Wildman–Crippen MR) is 38.1 cm³/mol. The number of aliphatic hydroxyl groups is 1. The van der Waals surface area contributed by atoms with Gasteiger partial charge in [0.15, 0.2) is 0 Å². The average molecular weight is 179 g/mol. The van der Waals surface area contributed by atoms with Crippen molar-refractivity contribution >= 4 is 5.71 Å². The van der Waals surface area contributed by atoms with Gasteiger partial charge in [0.2, 0.25) is 0 Å². The smallest absolute Gasteiger partial charge is 0.389 e. The lowest BCUT2D eigenvalue weighted by Gasteiger charge is -2.11. The molecular weight excluding hydrogens is 171 g/mol. The van der Waals surface area contributed by atoms with Crippen molar-refractivity contribution in [2.24, 2.45) is 4.99 Å². The Morgan fingerprint density at radius 3 is 2.50 bits per heavy atom. The number of halogens is 3. The molecule has 0 saturated carbocycles. The van der Waals surface area contributed by atoms with Crippen LogP contribution in [0, 0.1) is 0 Å². The van der Waals surface area contributed by atoms with E-state index in [1.54, 1.807) is 0 Å². The Bertz CT molecular complexity index is 240. The van der Waals surface area contributed by atoms with Crippen molar-refractivity contribution < 1.29 is 18.3 Å². The molecule has 1 atom stereocenters. The molecule has 68 valence electrons. The Morgan fingerprint density at radius 2 is 2.17 bits per heavy atom. The van der Waals surface area contributed by atoms with E-state index < -0.39 is 18.0 Å². The summed E-state index contributed by atoms with van der Waals surface area (Å²) in [7, 11) is 0. The molecule has 1 unspecified atom stereocenters. The minimum Gasteiger partial charge on any atom is -0.389 e. The van der Waals surface area contributed by atoms with Crippen molar-refractivity contribution in [3.63, 3.8) is 0 Å². The lowest BCUT2D eigenvalue weighted by Crippen LogP contribution is -2.27. The topological polar surface area (TPSA) is 32.6 Å². The zero-order valence-corrected chi connectivity index (χ0v) is 6.39. The summed E-state index contributed by atoms with van der Waals surface area (Å²) in [4.78, 5) is 3.25. The second kappa shape index (κ2) is 2.90. The Kier molecular flexibility index (Phi) is 2.23. The van der Waals surface area contributed by atoms with Gasteiger partial charge in [-0.3, -0.25) is 4.99 Å². The summed E-state index contributed by atoms with van der Waals surface area (Å²) in [6.45, 7) is 1.30. The molecule has 2 nitrogen and oxygen atoms in total. The summed E-state index contributed by atoms with van der Waals surface area (Å²) in [5.74, 6) is 0. The van der Waals surface area contributed by atoms with Gasteiger partial charge in [0, 0.05) is 5.57 Å². The second-order valence-electron chi connectivity index (χ2n) is 2.52. The monoisotopic (exact) mass is 179 g/mol. The van der Waals surface area contributed by atoms with E-state index in [4.69, 9.17) is 5.11 Å². The number of hydrogen-bond acceptors (Lipinski definition) is 2. The van der Waals surface area contributed by atoms with Gasteiger partial charge in [-0.05, 0) is 6.92 Å². The zero-order chi connectivity index (χ0) is 9.35. The number of aliphatic imine (C=N–C) groups is 1. The summed E-state index contributed by atoms with van der Waals surface area (Å²) in [5, 5.41) is 8.94. The van der Waals surface area contributed by atoms with Gasteiger partial charge >= 0.3 is 6.18 Å². The van der Waals surface area contributed by atoms with Crippen LogP contribution >= 0.6 is 0 Å². The number of aliphatic hydroxyl groups excluding tert-OH is 1. The fourth-order valence-electron chi connectivity index (χ4n) is 1.04. The van der Waals surface area contributed by atoms with E-state index in [0.717, 1.165) is 0 Å². The Hall–Kier alpha value is -0.840. The third-order valence-corrected chi connectivity index (χ3v) is 1.55. The van der Waals surface area contributed by atoms with Gasteiger partial charge in [0.1, 0.15) is 5.71 Å². The molecule has 0 amide bonds. The summed E-state index contributed by atoms with van der Waals surface area (Å²) in [5.41, 5.74) is -1.07. The molecule has 0 aromatic heterocycles. The largest absolute Gasteiger partial charge is 0.433 e. The number of alkyl halides is 3. The first-order valence-corrected chi connectivity index (χ1v) is 3.43. The highest BCUT2D eigenvalue weighted by atomic mass is 19.4. The van der Waals surface area contributed by atoms with Gasteiger partial charge in [-0.2, -0.15) is 13.2 Å². The van der Waals surface area contributed by atoms with E-state index >= 15 is 0 Å². The molecule has 0 aromatic carbocycles. The van der Waals surface area contributed by atoms with Crippen LogP contribution in [0.2, 0.25) is 0 Å². The molecule has 1 N–H and O–H groups in total. The van der Waals surface area contributed by atoms with Gasteiger partial charge in [-0.25, -0.2) is 0 Å². The van der Waals surface area contributed by atoms with Crippen LogP contribution in [0.25, 0.3) is 0 Å². The molecule has 0 radical (unpaired) electrons. The predicted octanol–water partition coefficient (Wildman–Crippen LogP) is 1.31. The molecule has 0 aliphatic carbocycles. The summed E-state index contributed by atoms with van der Waals surface area (Å²) in [6, 6.07) is 0. The minimum atomic E-state index is -4.45. The highest BCUT2D eigenvalue weighted by molar-refractivity contribution is 6.06. The van der Waals surface area contributed by atoms with E-state index in [0.29, 0.717) is 0 Å². The first kappa shape index (κ1) is 9.25.